The Morgan fingerprint density at radius 3 is 2.41 bits per heavy atom. The summed E-state index contributed by atoms with van der Waals surface area (Å²) in [6.45, 7) is 7.26. The normalized spacial score (nSPS) is 13.0. The summed E-state index contributed by atoms with van der Waals surface area (Å²) in [5.41, 5.74) is 0.833. The molecule has 0 amide bonds. The van der Waals surface area contributed by atoms with Crippen molar-refractivity contribution in [3.8, 4) is 0 Å². The van der Waals surface area contributed by atoms with E-state index in [-0.39, 0.29) is 0 Å². The fraction of sp³-hybridized carbons (Fsp3) is 0.273. The lowest BCUT2D eigenvalue weighted by molar-refractivity contribution is -0.0893. The lowest BCUT2D eigenvalue weighted by atomic mass is 9.82. The van der Waals surface area contributed by atoms with E-state index in [1.165, 1.54) is 0 Å². The topological polar surface area (TPSA) is 42.6 Å². The third kappa shape index (κ3) is 3.12. The maximum Gasteiger partial charge on any atom is 0.309 e. The summed E-state index contributed by atoms with van der Waals surface area (Å²) in [6.07, 6.45) is 0. The van der Waals surface area contributed by atoms with Crippen LogP contribution in [0.2, 0.25) is 5.02 Å². The maximum absolute atomic E-state index is 10.3. The third-order valence-electron chi connectivity index (χ3n) is 5.55. The molecule has 0 saturated carbocycles. The van der Waals surface area contributed by atoms with Crippen LogP contribution in [-0.4, -0.2) is 23.8 Å². The summed E-state index contributed by atoms with van der Waals surface area (Å²) in [6, 6.07) is 16.3. The van der Waals surface area contributed by atoms with E-state index in [0.717, 1.165) is 32.6 Å². The van der Waals surface area contributed by atoms with Crippen LogP contribution in [0.15, 0.2) is 52.9 Å². The average Bonchev–Trinajstić information content (AvgIpc) is 2.99. The number of aliphatic hydroxyl groups is 1. The third-order valence-corrected chi connectivity index (χ3v) is 5.83. The van der Waals surface area contributed by atoms with Gasteiger partial charge in [0, 0.05) is 16.2 Å². The van der Waals surface area contributed by atoms with Gasteiger partial charge in [-0.2, -0.15) is 0 Å². The van der Waals surface area contributed by atoms with E-state index >= 15 is 0 Å². The summed E-state index contributed by atoms with van der Waals surface area (Å²) < 4.78 is 12.1. The van der Waals surface area contributed by atoms with Crippen molar-refractivity contribution in [3.63, 3.8) is 0 Å². The van der Waals surface area contributed by atoms with Crippen molar-refractivity contribution in [3.05, 3.63) is 53.6 Å². The van der Waals surface area contributed by atoms with Crippen LogP contribution in [0.25, 0.3) is 32.7 Å². The molecule has 3 aromatic carbocycles. The minimum absolute atomic E-state index is 0.354. The summed E-state index contributed by atoms with van der Waals surface area (Å²) in [4.78, 5) is 0. The van der Waals surface area contributed by atoms with Gasteiger partial charge in [-0.15, -0.1) is 0 Å². The van der Waals surface area contributed by atoms with E-state index in [2.05, 4.69) is 30.3 Å². The molecule has 0 fully saturated rings. The molecule has 1 aromatic heterocycles. The predicted molar refractivity (Wildman–Crippen MR) is 114 cm³/mol. The average molecular weight is 381 g/mol. The smallest absolute Gasteiger partial charge is 0.309 e. The first-order valence-electron chi connectivity index (χ1n) is 9.06. The molecule has 1 heterocycles. The molecule has 1 N–H and O–H groups in total. The van der Waals surface area contributed by atoms with Gasteiger partial charge in [0.05, 0.1) is 16.2 Å². The number of fused-ring (bicyclic) bond motifs is 5. The van der Waals surface area contributed by atoms with E-state index in [0.29, 0.717) is 18.1 Å². The highest BCUT2D eigenvalue weighted by Crippen LogP contribution is 2.36. The Labute approximate surface area is 164 Å². The molecule has 0 radical (unpaired) electrons. The van der Waals surface area contributed by atoms with Crippen molar-refractivity contribution >= 4 is 57.3 Å². The second-order valence-corrected chi connectivity index (χ2v) is 8.48. The fourth-order valence-corrected chi connectivity index (χ4v) is 3.42. The van der Waals surface area contributed by atoms with Crippen LogP contribution in [0.5, 0.6) is 0 Å². The maximum atomic E-state index is 10.3. The van der Waals surface area contributed by atoms with Crippen molar-refractivity contribution < 1.29 is 14.2 Å². The Bertz CT molecular complexity index is 1160. The summed E-state index contributed by atoms with van der Waals surface area (Å²) >= 11 is 6.53. The van der Waals surface area contributed by atoms with Crippen molar-refractivity contribution in [1.29, 1.82) is 0 Å². The molecular formula is C22H22BClO3. The first-order valence-corrected chi connectivity index (χ1v) is 9.44. The quantitative estimate of drug-likeness (QED) is 0.510. The Morgan fingerprint density at radius 1 is 0.926 bits per heavy atom. The van der Waals surface area contributed by atoms with E-state index in [9.17, 15) is 5.11 Å². The summed E-state index contributed by atoms with van der Waals surface area (Å²) in [5.74, 6) is 0. The molecule has 0 aliphatic rings. The summed E-state index contributed by atoms with van der Waals surface area (Å²) in [7, 11) is 0.354. The van der Waals surface area contributed by atoms with Gasteiger partial charge in [0.1, 0.15) is 5.58 Å². The molecule has 0 bridgehead atoms. The Balaban J connectivity index is 1.81. The highest BCUT2D eigenvalue weighted by atomic mass is 35.5. The molecule has 4 rings (SSSR count). The number of benzene rings is 3. The zero-order valence-corrected chi connectivity index (χ0v) is 16.7. The van der Waals surface area contributed by atoms with Crippen LogP contribution in [0, 0.1) is 0 Å². The highest BCUT2D eigenvalue weighted by molar-refractivity contribution is 6.49. The molecule has 3 nitrogen and oxygen atoms in total. The number of halogens is 1. The van der Waals surface area contributed by atoms with Crippen LogP contribution >= 0.6 is 11.6 Å². The number of furan rings is 1. The Hall–Kier alpha value is -2.01. The second-order valence-electron chi connectivity index (χ2n) is 8.08. The van der Waals surface area contributed by atoms with Crippen molar-refractivity contribution in [1.82, 2.24) is 0 Å². The number of hydrogen-bond acceptors (Lipinski definition) is 3. The van der Waals surface area contributed by atoms with Gasteiger partial charge in [-0.1, -0.05) is 53.5 Å². The molecule has 0 atom stereocenters. The number of rotatable bonds is 4. The van der Waals surface area contributed by atoms with Crippen LogP contribution in [-0.2, 0) is 4.65 Å². The van der Waals surface area contributed by atoms with E-state index in [1.807, 2.05) is 32.0 Å². The minimum atomic E-state index is -0.956. The summed E-state index contributed by atoms with van der Waals surface area (Å²) in [5, 5.41) is 15.1. The molecule has 5 heteroatoms. The molecule has 138 valence electrons. The van der Waals surface area contributed by atoms with E-state index in [4.69, 9.17) is 20.7 Å². The Kier molecular flexibility index (Phi) is 4.26. The van der Waals surface area contributed by atoms with Gasteiger partial charge in [0.25, 0.3) is 0 Å². The molecule has 0 aliphatic carbocycles. The molecule has 4 aromatic rings. The molecular weight excluding hydrogens is 359 g/mol. The number of hydrogen-bond donors (Lipinski definition) is 1. The van der Waals surface area contributed by atoms with Gasteiger partial charge in [0.15, 0.2) is 5.58 Å². The zero-order valence-electron chi connectivity index (χ0n) is 16.0. The lowest BCUT2D eigenvalue weighted by Crippen LogP contribution is -2.49. The largest absolute Gasteiger partial charge is 0.454 e. The van der Waals surface area contributed by atoms with Gasteiger partial charge in [-0.05, 0) is 45.2 Å². The second kappa shape index (κ2) is 6.27. The Morgan fingerprint density at radius 2 is 1.67 bits per heavy atom. The van der Waals surface area contributed by atoms with Gasteiger partial charge >= 0.3 is 7.48 Å². The standard InChI is InChI=1S/C22H22BClO3/c1-21(2,25)22(3,4)27-23-14-11-17-16-10-9-13-7-5-6-8-15(13)19(16)26-20(17)18(24)12-14/h5-12,23,25H,1-4H3. The minimum Gasteiger partial charge on any atom is -0.454 e. The molecule has 0 spiro atoms. The molecule has 27 heavy (non-hydrogen) atoms. The monoisotopic (exact) mass is 380 g/mol. The van der Waals surface area contributed by atoms with E-state index < -0.39 is 11.2 Å². The van der Waals surface area contributed by atoms with Crippen molar-refractivity contribution in [2.75, 3.05) is 0 Å². The van der Waals surface area contributed by atoms with Gasteiger partial charge < -0.3 is 14.2 Å². The van der Waals surface area contributed by atoms with Crippen LogP contribution < -0.4 is 5.46 Å². The fourth-order valence-electron chi connectivity index (χ4n) is 3.14. The zero-order chi connectivity index (χ0) is 19.4. The van der Waals surface area contributed by atoms with Crippen LogP contribution in [0.1, 0.15) is 27.7 Å². The van der Waals surface area contributed by atoms with Crippen LogP contribution in [0.4, 0.5) is 0 Å². The van der Waals surface area contributed by atoms with Gasteiger partial charge in [0.2, 0.25) is 0 Å². The molecule has 0 aliphatic heterocycles. The highest BCUT2D eigenvalue weighted by Gasteiger charge is 2.35. The predicted octanol–water partition coefficient (Wildman–Crippen LogP) is 4.94. The van der Waals surface area contributed by atoms with Crippen LogP contribution in [0.3, 0.4) is 0 Å². The first-order chi connectivity index (χ1) is 12.7. The SMILES string of the molecule is CC(C)(O)C(C)(C)OBc1cc(Cl)c2oc3c4ccccc4ccc3c2c1. The van der Waals surface area contributed by atoms with E-state index in [1.54, 1.807) is 13.8 Å². The molecule has 0 saturated heterocycles. The van der Waals surface area contributed by atoms with Crippen molar-refractivity contribution in [2.24, 2.45) is 0 Å². The lowest BCUT2D eigenvalue weighted by Gasteiger charge is -2.37. The molecule has 0 unspecified atom stereocenters. The van der Waals surface area contributed by atoms with Gasteiger partial charge in [-0.25, -0.2) is 0 Å². The first kappa shape index (κ1) is 18.4. The van der Waals surface area contributed by atoms with Gasteiger partial charge in [-0.3, -0.25) is 0 Å². The van der Waals surface area contributed by atoms with Crippen molar-refractivity contribution in [2.45, 2.75) is 38.9 Å².